The Hall–Kier alpha value is -2.19. The third-order valence-corrected chi connectivity index (χ3v) is 8.42. The van der Waals surface area contributed by atoms with Crippen LogP contribution in [0.3, 0.4) is 0 Å². The van der Waals surface area contributed by atoms with Crippen molar-refractivity contribution < 1.29 is 14.3 Å². The van der Waals surface area contributed by atoms with E-state index in [9.17, 15) is 9.59 Å². The van der Waals surface area contributed by atoms with E-state index in [-0.39, 0.29) is 10.6 Å². The molecule has 0 spiro atoms. The molecule has 1 saturated carbocycles. The minimum Gasteiger partial charge on any atom is -0.383 e. The minimum absolute atomic E-state index is 0.130. The lowest BCUT2D eigenvalue weighted by molar-refractivity contribution is -0.120. The highest BCUT2D eigenvalue weighted by Gasteiger charge is 2.80. The standard InChI is InChI=1S/C27H24Cl5N3O3/c1-14-9-19(34-7-8-38-2)4-6-22(14)35-24(36)20-12-16(3-5-21(20)30)26(25(33)37)23(27(26,31)32)15-10-17(28)13-18(29)11-15/h3-6,9-13,23,34H,7-8H2,1-2H3,(H2,33,37)(H,35,36). The van der Waals surface area contributed by atoms with Gasteiger partial charge in [0.1, 0.15) is 9.75 Å². The molecule has 3 aromatic rings. The fourth-order valence-corrected chi connectivity index (χ4v) is 6.60. The molecule has 2 unspecified atom stereocenters. The molecule has 0 heterocycles. The van der Waals surface area contributed by atoms with Gasteiger partial charge in [-0.05, 0) is 72.1 Å². The second-order valence-electron chi connectivity index (χ2n) is 9.03. The van der Waals surface area contributed by atoms with Crippen molar-refractivity contribution in [2.75, 3.05) is 30.9 Å². The molecule has 6 nitrogen and oxygen atoms in total. The van der Waals surface area contributed by atoms with Gasteiger partial charge in [0.2, 0.25) is 5.91 Å². The summed E-state index contributed by atoms with van der Waals surface area (Å²) >= 11 is 32.2. The van der Waals surface area contributed by atoms with E-state index < -0.39 is 27.5 Å². The highest BCUT2D eigenvalue weighted by molar-refractivity contribution is 6.55. The monoisotopic (exact) mass is 613 g/mol. The number of aryl methyl sites for hydroxylation is 1. The van der Waals surface area contributed by atoms with Crippen molar-refractivity contribution in [1.29, 1.82) is 0 Å². The van der Waals surface area contributed by atoms with E-state index in [1.807, 2.05) is 19.1 Å². The Morgan fingerprint density at radius 2 is 1.68 bits per heavy atom. The molecular formula is C27H24Cl5N3O3. The van der Waals surface area contributed by atoms with E-state index in [0.717, 1.165) is 11.3 Å². The van der Waals surface area contributed by atoms with Gasteiger partial charge >= 0.3 is 0 Å². The molecule has 1 fully saturated rings. The maximum absolute atomic E-state index is 13.3. The van der Waals surface area contributed by atoms with E-state index in [4.69, 9.17) is 68.5 Å². The van der Waals surface area contributed by atoms with Crippen molar-refractivity contribution in [2.24, 2.45) is 5.73 Å². The molecule has 4 rings (SSSR count). The van der Waals surface area contributed by atoms with Crippen LogP contribution in [0.2, 0.25) is 15.1 Å². The van der Waals surface area contributed by atoms with E-state index in [0.29, 0.717) is 40.0 Å². The van der Waals surface area contributed by atoms with Gasteiger partial charge in [0, 0.05) is 41.0 Å². The van der Waals surface area contributed by atoms with E-state index in [1.165, 1.54) is 12.1 Å². The molecule has 1 aliphatic rings. The quantitative estimate of drug-likeness (QED) is 0.179. The van der Waals surface area contributed by atoms with E-state index >= 15 is 0 Å². The summed E-state index contributed by atoms with van der Waals surface area (Å²) in [5.74, 6) is -1.99. The molecule has 3 aromatic carbocycles. The van der Waals surface area contributed by atoms with E-state index in [1.54, 1.807) is 37.4 Å². The zero-order valence-corrected chi connectivity index (χ0v) is 24.2. The van der Waals surface area contributed by atoms with Crippen LogP contribution in [0.1, 0.15) is 33.0 Å². The molecule has 0 aliphatic heterocycles. The molecule has 0 aromatic heterocycles. The maximum Gasteiger partial charge on any atom is 0.257 e. The summed E-state index contributed by atoms with van der Waals surface area (Å²) in [5, 5.41) is 7.00. The number of methoxy groups -OCH3 is 1. The maximum atomic E-state index is 13.3. The molecule has 1 aliphatic carbocycles. The van der Waals surface area contributed by atoms with Gasteiger partial charge in [0.05, 0.1) is 17.2 Å². The average Bonchev–Trinajstić information content (AvgIpc) is 3.37. The summed E-state index contributed by atoms with van der Waals surface area (Å²) in [4.78, 5) is 26.2. The normalized spacial score (nSPS) is 19.6. The summed E-state index contributed by atoms with van der Waals surface area (Å²) in [6.45, 7) is 3.09. The van der Waals surface area contributed by atoms with Gasteiger partial charge in [0.15, 0.2) is 0 Å². The van der Waals surface area contributed by atoms with E-state index in [2.05, 4.69) is 10.6 Å². The first-order valence-electron chi connectivity index (χ1n) is 11.5. The smallest absolute Gasteiger partial charge is 0.257 e. The number of alkyl halides is 2. The van der Waals surface area contributed by atoms with Crippen molar-refractivity contribution in [3.05, 3.63) is 91.9 Å². The summed E-state index contributed by atoms with van der Waals surface area (Å²) < 4.78 is 3.43. The Balaban J connectivity index is 1.66. The Morgan fingerprint density at radius 1 is 1.00 bits per heavy atom. The van der Waals surface area contributed by atoms with Crippen LogP contribution in [-0.4, -0.2) is 36.4 Å². The number of anilines is 2. The zero-order valence-electron chi connectivity index (χ0n) is 20.4. The molecule has 0 saturated heterocycles. The Morgan fingerprint density at radius 3 is 2.29 bits per heavy atom. The summed E-state index contributed by atoms with van der Waals surface area (Å²) in [6.07, 6.45) is 0. The molecule has 11 heteroatoms. The van der Waals surface area contributed by atoms with Gasteiger partial charge in [-0.3, -0.25) is 9.59 Å². The van der Waals surface area contributed by atoms with Crippen molar-refractivity contribution in [1.82, 2.24) is 0 Å². The Bertz CT molecular complexity index is 1390. The number of nitrogens with two attached hydrogens (primary N) is 1. The van der Waals surface area contributed by atoms with Crippen molar-refractivity contribution in [3.63, 3.8) is 0 Å². The number of amides is 2. The largest absolute Gasteiger partial charge is 0.383 e. The third-order valence-electron chi connectivity index (χ3n) is 6.62. The van der Waals surface area contributed by atoms with Crippen LogP contribution < -0.4 is 16.4 Å². The number of ether oxygens (including phenoxy) is 1. The Kier molecular flexibility index (Phi) is 8.43. The Labute approximate surface area is 245 Å². The van der Waals surface area contributed by atoms with Gasteiger partial charge in [-0.15, -0.1) is 0 Å². The second-order valence-corrected chi connectivity index (χ2v) is 11.7. The highest BCUT2D eigenvalue weighted by Crippen LogP contribution is 2.74. The van der Waals surface area contributed by atoms with Crippen LogP contribution in [0.15, 0.2) is 54.6 Å². The summed E-state index contributed by atoms with van der Waals surface area (Å²) in [7, 11) is 1.63. The number of hydrogen-bond acceptors (Lipinski definition) is 4. The average molecular weight is 616 g/mol. The van der Waals surface area contributed by atoms with Crippen LogP contribution in [-0.2, 0) is 14.9 Å². The fraction of sp³-hybridized carbons (Fsp3) is 0.259. The first kappa shape index (κ1) is 28.8. The molecule has 4 N–H and O–H groups in total. The van der Waals surface area contributed by atoms with Gasteiger partial charge < -0.3 is 21.1 Å². The topological polar surface area (TPSA) is 93.4 Å². The number of rotatable bonds is 9. The number of primary amides is 1. The molecule has 0 radical (unpaired) electrons. The first-order chi connectivity index (χ1) is 17.9. The first-order valence-corrected chi connectivity index (χ1v) is 13.4. The minimum atomic E-state index is -1.61. The molecule has 38 heavy (non-hydrogen) atoms. The molecule has 0 bridgehead atoms. The lowest BCUT2D eigenvalue weighted by Crippen LogP contribution is -2.34. The number of hydrogen-bond donors (Lipinski definition) is 3. The van der Waals surface area contributed by atoms with Crippen LogP contribution >= 0.6 is 58.0 Å². The second kappa shape index (κ2) is 11.1. The number of halogens is 5. The molecular weight excluding hydrogens is 592 g/mol. The van der Waals surface area contributed by atoms with Crippen LogP contribution in [0, 0.1) is 6.92 Å². The number of nitrogens with one attached hydrogen (secondary N) is 2. The van der Waals surface area contributed by atoms with Crippen LogP contribution in [0.4, 0.5) is 11.4 Å². The highest BCUT2D eigenvalue weighted by atomic mass is 35.5. The molecule has 2 amide bonds. The van der Waals surface area contributed by atoms with Crippen molar-refractivity contribution in [2.45, 2.75) is 22.6 Å². The zero-order chi connectivity index (χ0) is 27.8. The van der Waals surface area contributed by atoms with Crippen molar-refractivity contribution in [3.8, 4) is 0 Å². The predicted octanol–water partition coefficient (Wildman–Crippen LogP) is 6.96. The molecule has 2 atom stereocenters. The van der Waals surface area contributed by atoms with Crippen LogP contribution in [0.25, 0.3) is 0 Å². The third kappa shape index (κ3) is 5.18. The van der Waals surface area contributed by atoms with Crippen molar-refractivity contribution >= 4 is 81.2 Å². The lowest BCUT2D eigenvalue weighted by atomic mass is 9.88. The van der Waals surface area contributed by atoms with Gasteiger partial charge in [-0.2, -0.15) is 0 Å². The summed E-state index contributed by atoms with van der Waals surface area (Å²) in [6, 6.07) is 14.9. The fourth-order valence-electron chi connectivity index (χ4n) is 4.76. The number of carbonyl (C=O) groups excluding carboxylic acids is 2. The van der Waals surface area contributed by atoms with Gasteiger partial charge in [-0.25, -0.2) is 0 Å². The van der Waals surface area contributed by atoms with Gasteiger partial charge in [0.25, 0.3) is 5.91 Å². The predicted molar refractivity (Wildman–Crippen MR) is 155 cm³/mol. The lowest BCUT2D eigenvalue weighted by Gasteiger charge is -2.18. The summed E-state index contributed by atoms with van der Waals surface area (Å²) in [5.41, 5.74) is 7.69. The molecule has 200 valence electrons. The van der Waals surface area contributed by atoms with Gasteiger partial charge in [-0.1, -0.05) is 64.1 Å². The number of benzene rings is 3. The number of carbonyl (C=O) groups is 2. The SMILES string of the molecule is COCCNc1ccc(NC(=O)c2cc(C3(C(N)=O)C(c4cc(Cl)cc(Cl)c4)C3(Cl)Cl)ccc2Cl)c(C)c1. The van der Waals surface area contributed by atoms with Crippen LogP contribution in [0.5, 0.6) is 0 Å².